The number of benzene rings is 2. The summed E-state index contributed by atoms with van der Waals surface area (Å²) in [7, 11) is 1.43. The summed E-state index contributed by atoms with van der Waals surface area (Å²) in [6, 6.07) is 12.6. The molecule has 0 bridgehead atoms. The molecular weight excluding hydrogens is 404 g/mol. The Hall–Kier alpha value is -3.65. The minimum atomic E-state index is -0.670. The van der Waals surface area contributed by atoms with Crippen molar-refractivity contribution >= 4 is 34.4 Å². The number of aromatic hydroxyl groups is 1. The van der Waals surface area contributed by atoms with E-state index in [0.29, 0.717) is 16.4 Å². The van der Waals surface area contributed by atoms with E-state index >= 15 is 0 Å². The van der Waals surface area contributed by atoms with Gasteiger partial charge in [-0.3, -0.25) is 10.1 Å². The summed E-state index contributed by atoms with van der Waals surface area (Å²) in [6.07, 6.45) is 2.69. The first-order chi connectivity index (χ1) is 14.4. The molecule has 0 saturated heterocycles. The number of carbonyl (C=O) groups is 2. The zero-order valence-corrected chi connectivity index (χ0v) is 17.2. The fraction of sp³-hybridized carbons (Fsp3) is 0.136. The molecule has 2 aromatic carbocycles. The fourth-order valence-electron chi connectivity index (χ4n) is 2.49. The quantitative estimate of drug-likeness (QED) is 0.439. The Bertz CT molecular complexity index is 1070. The molecule has 0 saturated carbocycles. The van der Waals surface area contributed by atoms with Gasteiger partial charge in [0.1, 0.15) is 0 Å². The summed E-state index contributed by atoms with van der Waals surface area (Å²) in [5.74, 6) is -0.857. The highest BCUT2D eigenvalue weighted by Crippen LogP contribution is 2.27. The Morgan fingerprint density at radius 3 is 2.70 bits per heavy atom. The number of thiazole rings is 1. The van der Waals surface area contributed by atoms with Crippen molar-refractivity contribution in [2.75, 3.05) is 19.0 Å². The number of hydrogen-bond donors (Lipinski definition) is 2. The van der Waals surface area contributed by atoms with Gasteiger partial charge in [-0.05, 0) is 30.7 Å². The molecule has 30 heavy (non-hydrogen) atoms. The SMILES string of the molecule is COc1cc(C=CC(=O)OCC(=O)Nc2nc(-c3ccc(C)cc3)cs2)ccc1O. The number of nitrogens with one attached hydrogen (secondary N) is 1. The van der Waals surface area contributed by atoms with Crippen LogP contribution in [-0.4, -0.2) is 35.7 Å². The molecule has 1 aromatic heterocycles. The molecule has 2 N–H and O–H groups in total. The molecule has 0 unspecified atom stereocenters. The van der Waals surface area contributed by atoms with Gasteiger partial charge in [-0.25, -0.2) is 9.78 Å². The fourth-order valence-corrected chi connectivity index (χ4v) is 3.23. The molecule has 8 heteroatoms. The van der Waals surface area contributed by atoms with Gasteiger partial charge < -0.3 is 14.6 Å². The van der Waals surface area contributed by atoms with E-state index in [1.54, 1.807) is 12.1 Å². The van der Waals surface area contributed by atoms with Gasteiger partial charge in [0.15, 0.2) is 23.2 Å². The molecule has 0 aliphatic rings. The van der Waals surface area contributed by atoms with Crippen molar-refractivity contribution in [3.05, 3.63) is 65.0 Å². The topological polar surface area (TPSA) is 97.8 Å². The van der Waals surface area contributed by atoms with Crippen molar-refractivity contribution in [1.29, 1.82) is 0 Å². The lowest BCUT2D eigenvalue weighted by Crippen LogP contribution is -2.20. The smallest absolute Gasteiger partial charge is 0.331 e. The number of carbonyl (C=O) groups excluding carboxylic acids is 2. The molecule has 3 aromatic rings. The van der Waals surface area contributed by atoms with Crippen LogP contribution in [0.3, 0.4) is 0 Å². The van der Waals surface area contributed by atoms with Crippen LogP contribution in [0, 0.1) is 6.92 Å². The van der Waals surface area contributed by atoms with E-state index in [9.17, 15) is 14.7 Å². The first-order valence-electron chi connectivity index (χ1n) is 8.99. The second-order valence-corrected chi connectivity index (χ2v) is 7.18. The van der Waals surface area contributed by atoms with Gasteiger partial charge in [0, 0.05) is 17.0 Å². The van der Waals surface area contributed by atoms with Gasteiger partial charge >= 0.3 is 5.97 Å². The number of aromatic nitrogens is 1. The Morgan fingerprint density at radius 1 is 1.20 bits per heavy atom. The predicted molar refractivity (Wildman–Crippen MR) is 116 cm³/mol. The van der Waals surface area contributed by atoms with Crippen molar-refractivity contribution in [3.8, 4) is 22.8 Å². The second-order valence-electron chi connectivity index (χ2n) is 6.32. The molecule has 0 aliphatic heterocycles. The lowest BCUT2D eigenvalue weighted by atomic mass is 10.1. The van der Waals surface area contributed by atoms with Crippen LogP contribution < -0.4 is 10.1 Å². The van der Waals surface area contributed by atoms with Gasteiger partial charge in [-0.2, -0.15) is 0 Å². The third kappa shape index (κ3) is 5.68. The van der Waals surface area contributed by atoms with Gasteiger partial charge in [0.05, 0.1) is 12.8 Å². The van der Waals surface area contributed by atoms with Crippen molar-refractivity contribution in [3.63, 3.8) is 0 Å². The normalized spacial score (nSPS) is 10.7. The lowest BCUT2D eigenvalue weighted by Gasteiger charge is -2.04. The van der Waals surface area contributed by atoms with Crippen LogP contribution in [0.4, 0.5) is 5.13 Å². The largest absolute Gasteiger partial charge is 0.504 e. The van der Waals surface area contributed by atoms with E-state index in [4.69, 9.17) is 9.47 Å². The van der Waals surface area contributed by atoms with Crippen LogP contribution in [0.1, 0.15) is 11.1 Å². The van der Waals surface area contributed by atoms with E-state index in [1.807, 2.05) is 36.6 Å². The highest BCUT2D eigenvalue weighted by atomic mass is 32.1. The van der Waals surface area contributed by atoms with Crippen LogP contribution >= 0.6 is 11.3 Å². The first-order valence-corrected chi connectivity index (χ1v) is 9.87. The zero-order valence-electron chi connectivity index (χ0n) is 16.4. The highest BCUT2D eigenvalue weighted by molar-refractivity contribution is 7.14. The van der Waals surface area contributed by atoms with E-state index < -0.39 is 18.5 Å². The minimum absolute atomic E-state index is 0.00150. The van der Waals surface area contributed by atoms with Gasteiger partial charge in [-0.15, -0.1) is 11.3 Å². The minimum Gasteiger partial charge on any atom is -0.504 e. The molecule has 0 aliphatic carbocycles. The van der Waals surface area contributed by atoms with Crippen molar-refractivity contribution in [1.82, 2.24) is 4.98 Å². The lowest BCUT2D eigenvalue weighted by molar-refractivity contribution is -0.142. The third-order valence-corrected chi connectivity index (χ3v) is 4.82. The molecule has 154 valence electrons. The maximum atomic E-state index is 12.0. The monoisotopic (exact) mass is 424 g/mol. The second kappa shape index (κ2) is 9.71. The van der Waals surface area contributed by atoms with Crippen molar-refractivity contribution in [2.45, 2.75) is 6.92 Å². The summed E-state index contributed by atoms with van der Waals surface area (Å²) in [5, 5.41) is 14.5. The van der Waals surface area contributed by atoms with Crippen LogP contribution in [0.25, 0.3) is 17.3 Å². The summed E-state index contributed by atoms with van der Waals surface area (Å²) in [4.78, 5) is 28.2. The number of phenolic OH excluding ortho intramolecular Hbond substituents is 1. The van der Waals surface area contributed by atoms with Gasteiger partial charge in [-0.1, -0.05) is 35.9 Å². The van der Waals surface area contributed by atoms with E-state index in [-0.39, 0.29) is 5.75 Å². The van der Waals surface area contributed by atoms with Gasteiger partial charge in [0.2, 0.25) is 0 Å². The summed E-state index contributed by atoms with van der Waals surface area (Å²) < 4.78 is 9.95. The Labute approximate surface area is 177 Å². The first kappa shape index (κ1) is 21.1. The number of hydrogen-bond acceptors (Lipinski definition) is 7. The summed E-state index contributed by atoms with van der Waals surface area (Å²) in [5.41, 5.74) is 3.51. The average Bonchev–Trinajstić information content (AvgIpc) is 3.20. The highest BCUT2D eigenvalue weighted by Gasteiger charge is 2.10. The Morgan fingerprint density at radius 2 is 1.97 bits per heavy atom. The number of aryl methyl sites for hydroxylation is 1. The van der Waals surface area contributed by atoms with E-state index in [0.717, 1.165) is 16.8 Å². The van der Waals surface area contributed by atoms with E-state index in [2.05, 4.69) is 10.3 Å². The molecule has 0 fully saturated rings. The molecule has 7 nitrogen and oxygen atoms in total. The number of ether oxygens (including phenoxy) is 2. The molecule has 0 spiro atoms. The summed E-state index contributed by atoms with van der Waals surface area (Å²) >= 11 is 1.29. The predicted octanol–water partition coefficient (Wildman–Crippen LogP) is 4.03. The Balaban J connectivity index is 1.50. The van der Waals surface area contributed by atoms with Crippen molar-refractivity contribution < 1.29 is 24.2 Å². The maximum absolute atomic E-state index is 12.0. The number of nitrogens with zero attached hydrogens (tertiary/aromatic N) is 1. The van der Waals surface area contributed by atoms with Crippen LogP contribution in [0.15, 0.2) is 53.9 Å². The maximum Gasteiger partial charge on any atom is 0.331 e. The number of rotatable bonds is 7. The van der Waals surface area contributed by atoms with Crippen LogP contribution in [-0.2, 0) is 14.3 Å². The molecule has 1 amide bonds. The number of anilines is 1. The van der Waals surface area contributed by atoms with Crippen molar-refractivity contribution in [2.24, 2.45) is 0 Å². The summed E-state index contributed by atoms with van der Waals surface area (Å²) in [6.45, 7) is 1.58. The molecule has 0 radical (unpaired) electrons. The van der Waals surface area contributed by atoms with Crippen LogP contribution in [0.5, 0.6) is 11.5 Å². The number of phenols is 1. The molecular formula is C22H20N2O5S. The van der Waals surface area contributed by atoms with E-state index in [1.165, 1.54) is 36.7 Å². The molecule has 1 heterocycles. The zero-order chi connectivity index (χ0) is 21.5. The molecule has 3 rings (SSSR count). The number of amides is 1. The Kier molecular flexibility index (Phi) is 6.82. The standard InChI is InChI=1S/C22H20N2O5S/c1-14-3-7-16(8-4-14)17-13-30-22(23-17)24-20(26)12-29-21(27)10-6-15-5-9-18(25)19(11-15)28-2/h3-11,13,25H,12H2,1-2H3,(H,23,24,26). The molecule has 0 atom stereocenters. The van der Waals surface area contributed by atoms with Gasteiger partial charge in [0.25, 0.3) is 5.91 Å². The average molecular weight is 424 g/mol. The number of methoxy groups -OCH3 is 1. The number of esters is 1. The third-order valence-electron chi connectivity index (χ3n) is 4.06. The van der Waals surface area contributed by atoms with Crippen LogP contribution in [0.2, 0.25) is 0 Å².